The molecular weight excluding hydrogens is 211 g/mol. The zero-order chi connectivity index (χ0) is 12.1. The number of ether oxygens (including phenoxy) is 1. The predicted octanol–water partition coefficient (Wildman–Crippen LogP) is -0.0222. The minimum atomic E-state index is -1.95. The zero-order valence-electron chi connectivity index (χ0n) is 9.08. The van der Waals surface area contributed by atoms with Gasteiger partial charge in [0.25, 0.3) is 0 Å². The third-order valence-corrected chi connectivity index (χ3v) is 1.82. The fraction of sp³-hybridized carbons (Fsp3) is 0.400. The van der Waals surface area contributed by atoms with E-state index in [1.54, 1.807) is 18.1 Å². The Hall–Kier alpha value is -1.33. The minimum absolute atomic E-state index is 0.0965. The molecule has 0 heterocycles. The maximum absolute atomic E-state index is 10.8. The molecule has 0 saturated carbocycles. The number of allylic oxidation sites excluding steroid dienone is 2. The zero-order valence-corrected chi connectivity index (χ0v) is 9.08. The molecule has 86 valence electrons. The Morgan fingerprint density at radius 2 is 2.19 bits per heavy atom. The Morgan fingerprint density at radius 3 is 2.69 bits per heavy atom. The van der Waals surface area contributed by atoms with Gasteiger partial charge in [0, 0.05) is 0 Å². The van der Waals surface area contributed by atoms with E-state index in [4.69, 9.17) is 19.4 Å². The van der Waals surface area contributed by atoms with Crippen LogP contribution in [0.15, 0.2) is 29.6 Å². The number of hydrogen-bond donors (Lipinski definition) is 2. The molecule has 0 aliphatic heterocycles. The SMILES string of the molecule is CC(C)OC1=CC=CC(OB(O)O)C1=C=O. The Balaban J connectivity index is 2.84. The van der Waals surface area contributed by atoms with Crippen molar-refractivity contribution in [3.8, 4) is 0 Å². The van der Waals surface area contributed by atoms with Crippen LogP contribution in [0, 0.1) is 0 Å². The van der Waals surface area contributed by atoms with Crippen molar-refractivity contribution in [1.82, 2.24) is 0 Å². The molecule has 1 unspecified atom stereocenters. The molecule has 1 aliphatic carbocycles. The van der Waals surface area contributed by atoms with Crippen molar-refractivity contribution >= 4 is 13.3 Å². The van der Waals surface area contributed by atoms with Gasteiger partial charge in [0.2, 0.25) is 0 Å². The monoisotopic (exact) mass is 224 g/mol. The summed E-state index contributed by atoms with van der Waals surface area (Å²) in [6, 6.07) is 0. The minimum Gasteiger partial charge on any atom is -0.490 e. The Labute approximate surface area is 93.9 Å². The molecule has 0 aromatic carbocycles. The van der Waals surface area contributed by atoms with E-state index in [-0.39, 0.29) is 11.7 Å². The molecule has 0 radical (unpaired) electrons. The van der Waals surface area contributed by atoms with Crippen LogP contribution >= 0.6 is 0 Å². The van der Waals surface area contributed by atoms with Crippen LogP contribution < -0.4 is 0 Å². The molecule has 0 bridgehead atoms. The largest absolute Gasteiger partial charge is 0.634 e. The molecule has 5 nitrogen and oxygen atoms in total. The van der Waals surface area contributed by atoms with Crippen LogP contribution in [0.25, 0.3) is 0 Å². The normalized spacial score (nSPS) is 19.4. The first-order valence-corrected chi connectivity index (χ1v) is 4.86. The lowest BCUT2D eigenvalue weighted by atomic mass is 10.0. The molecule has 0 spiro atoms. The fourth-order valence-electron chi connectivity index (χ4n) is 1.28. The van der Waals surface area contributed by atoms with Crippen LogP contribution in [0.4, 0.5) is 0 Å². The second kappa shape index (κ2) is 5.68. The highest BCUT2D eigenvalue weighted by Crippen LogP contribution is 2.22. The van der Waals surface area contributed by atoms with Gasteiger partial charge in [-0.05, 0) is 19.9 Å². The molecular formula is C10H13BO5. The van der Waals surface area contributed by atoms with Crippen molar-refractivity contribution in [3.63, 3.8) is 0 Å². The second-order valence-electron chi connectivity index (χ2n) is 3.48. The highest BCUT2D eigenvalue weighted by Gasteiger charge is 2.26. The van der Waals surface area contributed by atoms with Crippen molar-refractivity contribution in [2.75, 3.05) is 0 Å². The smallest absolute Gasteiger partial charge is 0.490 e. The average Bonchev–Trinajstić information content (AvgIpc) is 2.16. The van der Waals surface area contributed by atoms with Gasteiger partial charge in [-0.2, -0.15) is 0 Å². The van der Waals surface area contributed by atoms with Crippen molar-refractivity contribution in [3.05, 3.63) is 29.6 Å². The lowest BCUT2D eigenvalue weighted by Crippen LogP contribution is -2.28. The van der Waals surface area contributed by atoms with Crippen molar-refractivity contribution in [1.29, 1.82) is 0 Å². The molecule has 16 heavy (non-hydrogen) atoms. The average molecular weight is 224 g/mol. The van der Waals surface area contributed by atoms with Gasteiger partial charge in [-0.3, -0.25) is 0 Å². The van der Waals surface area contributed by atoms with Crippen LogP contribution in [0.5, 0.6) is 0 Å². The quantitative estimate of drug-likeness (QED) is 0.518. The van der Waals surface area contributed by atoms with Gasteiger partial charge in [-0.25, -0.2) is 4.79 Å². The number of hydrogen-bond acceptors (Lipinski definition) is 5. The Kier molecular flexibility index (Phi) is 4.52. The standard InChI is InChI=1S/C10H13BO5/c1-7(2)15-9-4-3-5-10(8(9)6-12)16-11(13)14/h3-5,7,10,13-14H,1-2H3. The molecule has 0 aromatic heterocycles. The topological polar surface area (TPSA) is 76.0 Å². The first-order chi connectivity index (χ1) is 7.54. The summed E-state index contributed by atoms with van der Waals surface area (Å²) in [6.07, 6.45) is 3.78. The van der Waals surface area contributed by atoms with Gasteiger partial charge < -0.3 is 19.4 Å². The number of rotatable bonds is 4. The van der Waals surface area contributed by atoms with Crippen LogP contribution in [-0.2, 0) is 14.2 Å². The molecule has 0 saturated heterocycles. The van der Waals surface area contributed by atoms with E-state index in [1.807, 2.05) is 13.8 Å². The van der Waals surface area contributed by atoms with E-state index in [1.165, 1.54) is 6.08 Å². The van der Waals surface area contributed by atoms with Crippen LogP contribution in [0.2, 0.25) is 0 Å². The summed E-state index contributed by atoms with van der Waals surface area (Å²) in [4.78, 5) is 10.8. The lowest BCUT2D eigenvalue weighted by Gasteiger charge is -2.21. The summed E-state index contributed by atoms with van der Waals surface area (Å²) in [6.45, 7) is 3.64. The lowest BCUT2D eigenvalue weighted by molar-refractivity contribution is 0.130. The first kappa shape index (κ1) is 12.7. The molecule has 6 heteroatoms. The molecule has 0 amide bonds. The van der Waals surface area contributed by atoms with Crippen molar-refractivity contribution in [2.45, 2.75) is 26.1 Å². The van der Waals surface area contributed by atoms with Crippen molar-refractivity contribution < 1.29 is 24.2 Å². The number of carbonyl (C=O) groups excluding carboxylic acids is 1. The van der Waals surface area contributed by atoms with Gasteiger partial charge >= 0.3 is 7.32 Å². The van der Waals surface area contributed by atoms with Gasteiger partial charge in [-0.1, -0.05) is 12.2 Å². The molecule has 0 aromatic rings. The van der Waals surface area contributed by atoms with E-state index in [9.17, 15) is 4.79 Å². The summed E-state index contributed by atoms with van der Waals surface area (Å²) in [7, 11) is -1.95. The third kappa shape index (κ3) is 3.36. The summed E-state index contributed by atoms with van der Waals surface area (Å²) in [5.74, 6) is 2.02. The first-order valence-electron chi connectivity index (χ1n) is 4.86. The van der Waals surface area contributed by atoms with Crippen LogP contribution in [0.3, 0.4) is 0 Å². The van der Waals surface area contributed by atoms with Gasteiger partial charge in [0.05, 0.1) is 6.10 Å². The Morgan fingerprint density at radius 1 is 1.50 bits per heavy atom. The summed E-state index contributed by atoms with van der Waals surface area (Å²) in [5.41, 5.74) is 0.115. The van der Waals surface area contributed by atoms with Crippen LogP contribution in [-0.4, -0.2) is 35.5 Å². The fourth-order valence-corrected chi connectivity index (χ4v) is 1.28. The van der Waals surface area contributed by atoms with Gasteiger partial charge in [0.1, 0.15) is 23.4 Å². The maximum atomic E-state index is 10.8. The van der Waals surface area contributed by atoms with E-state index < -0.39 is 13.4 Å². The predicted molar refractivity (Wildman–Crippen MR) is 57.7 cm³/mol. The van der Waals surface area contributed by atoms with E-state index in [0.29, 0.717) is 5.76 Å². The van der Waals surface area contributed by atoms with E-state index in [2.05, 4.69) is 0 Å². The van der Waals surface area contributed by atoms with Crippen LogP contribution in [0.1, 0.15) is 13.8 Å². The van der Waals surface area contributed by atoms with E-state index in [0.717, 1.165) is 0 Å². The molecule has 0 fully saturated rings. The second-order valence-corrected chi connectivity index (χ2v) is 3.48. The summed E-state index contributed by atoms with van der Waals surface area (Å²) >= 11 is 0. The van der Waals surface area contributed by atoms with Crippen molar-refractivity contribution in [2.24, 2.45) is 0 Å². The maximum Gasteiger partial charge on any atom is 0.634 e. The highest BCUT2D eigenvalue weighted by molar-refractivity contribution is 6.32. The third-order valence-electron chi connectivity index (χ3n) is 1.82. The van der Waals surface area contributed by atoms with Gasteiger partial charge in [0.15, 0.2) is 0 Å². The molecule has 1 aliphatic rings. The molecule has 1 rings (SSSR count). The molecule has 1 atom stereocenters. The van der Waals surface area contributed by atoms with E-state index >= 15 is 0 Å². The summed E-state index contributed by atoms with van der Waals surface area (Å²) in [5, 5.41) is 17.4. The highest BCUT2D eigenvalue weighted by atomic mass is 16.6. The molecule has 2 N–H and O–H groups in total. The Bertz CT molecular complexity index is 352. The van der Waals surface area contributed by atoms with Gasteiger partial charge in [-0.15, -0.1) is 0 Å². The summed E-state index contributed by atoms with van der Waals surface area (Å²) < 4.78 is 10.1.